The first-order chi connectivity index (χ1) is 15.7. The van der Waals surface area contributed by atoms with Gasteiger partial charge in [-0.2, -0.15) is 13.2 Å². The maximum atomic E-state index is 13.9. The lowest BCUT2D eigenvalue weighted by atomic mass is 9.76. The van der Waals surface area contributed by atoms with Crippen molar-refractivity contribution in [2.24, 2.45) is 0 Å². The third-order valence-corrected chi connectivity index (χ3v) is 7.83. The van der Waals surface area contributed by atoms with Gasteiger partial charge < -0.3 is 10.1 Å². The van der Waals surface area contributed by atoms with Crippen LogP contribution in [0.4, 0.5) is 13.2 Å². The Morgan fingerprint density at radius 2 is 1.82 bits per heavy atom. The Balaban J connectivity index is 1.59. The van der Waals surface area contributed by atoms with Crippen LogP contribution in [0.15, 0.2) is 42.5 Å². The van der Waals surface area contributed by atoms with Crippen molar-refractivity contribution >= 4 is 5.91 Å². The number of piperidine rings is 1. The van der Waals surface area contributed by atoms with Crippen LogP contribution in [0, 0.1) is 0 Å². The largest absolute Gasteiger partial charge is 0.496 e. The Kier molecular flexibility index (Phi) is 5.43. The van der Waals surface area contributed by atoms with E-state index in [2.05, 4.69) is 17.3 Å². The van der Waals surface area contributed by atoms with E-state index in [9.17, 15) is 18.0 Å². The standard InChI is InChI=1S/C26H29F3N2O2/c1-31-19-10-11-22(31)25(13-12-19,17-6-4-3-5-7-17)30-24(32)23-20(16-8-9-16)14-18(26(27,28)29)15-21(23)33-2/h3-7,14-16,19,22H,8-13H2,1-2H3,(H,30,32)/t19-,22-,25-/m0/s1. The molecule has 2 aromatic carbocycles. The summed E-state index contributed by atoms with van der Waals surface area (Å²) in [5.41, 5.74) is 0.345. The molecule has 0 spiro atoms. The number of nitrogens with zero attached hydrogens (tertiary/aromatic N) is 1. The van der Waals surface area contributed by atoms with Crippen LogP contribution in [0.3, 0.4) is 0 Å². The van der Waals surface area contributed by atoms with E-state index in [1.165, 1.54) is 7.11 Å². The van der Waals surface area contributed by atoms with Gasteiger partial charge in [-0.15, -0.1) is 0 Å². The average molecular weight is 459 g/mol. The van der Waals surface area contributed by atoms with Crippen LogP contribution in [0.2, 0.25) is 0 Å². The third kappa shape index (κ3) is 3.80. The molecule has 2 bridgehead atoms. The number of carbonyl (C=O) groups is 1. The highest BCUT2D eigenvalue weighted by atomic mass is 19.4. The number of nitrogens with one attached hydrogen (secondary N) is 1. The molecule has 0 radical (unpaired) electrons. The molecule has 7 heteroatoms. The highest BCUT2D eigenvalue weighted by Crippen LogP contribution is 2.49. The average Bonchev–Trinajstić information content (AvgIpc) is 3.60. The summed E-state index contributed by atoms with van der Waals surface area (Å²) in [5, 5.41) is 3.34. The Morgan fingerprint density at radius 3 is 2.45 bits per heavy atom. The summed E-state index contributed by atoms with van der Waals surface area (Å²) in [4.78, 5) is 16.2. The molecule has 1 amide bonds. The number of carbonyl (C=O) groups excluding carboxylic acids is 1. The molecule has 3 fully saturated rings. The van der Waals surface area contributed by atoms with Crippen molar-refractivity contribution in [2.45, 2.75) is 68.2 Å². The first kappa shape index (κ1) is 22.3. The van der Waals surface area contributed by atoms with E-state index in [-0.39, 0.29) is 29.2 Å². The molecule has 1 saturated carbocycles. The van der Waals surface area contributed by atoms with Gasteiger partial charge in [0.2, 0.25) is 0 Å². The summed E-state index contributed by atoms with van der Waals surface area (Å²) in [6.07, 6.45) is 0.871. The molecule has 1 N–H and O–H groups in total. The van der Waals surface area contributed by atoms with Crippen LogP contribution >= 0.6 is 0 Å². The topological polar surface area (TPSA) is 41.6 Å². The van der Waals surface area contributed by atoms with E-state index >= 15 is 0 Å². The summed E-state index contributed by atoms with van der Waals surface area (Å²) in [6.45, 7) is 0. The summed E-state index contributed by atoms with van der Waals surface area (Å²) in [7, 11) is 3.44. The monoisotopic (exact) mass is 458 g/mol. The molecule has 4 nitrogen and oxygen atoms in total. The number of halogens is 3. The number of ether oxygens (including phenoxy) is 1. The molecular formula is C26H29F3N2O2. The fourth-order valence-electron chi connectivity index (χ4n) is 5.99. The number of likely N-dealkylation sites (N-methyl/N-ethyl adjacent to an activating group) is 1. The molecule has 2 heterocycles. The second kappa shape index (κ2) is 8.05. The molecular weight excluding hydrogens is 429 g/mol. The number of hydrogen-bond donors (Lipinski definition) is 1. The van der Waals surface area contributed by atoms with Crippen molar-refractivity contribution in [1.82, 2.24) is 10.2 Å². The van der Waals surface area contributed by atoms with E-state index in [1.54, 1.807) is 0 Å². The van der Waals surface area contributed by atoms with Crippen LogP contribution in [0.5, 0.6) is 5.75 Å². The lowest BCUT2D eigenvalue weighted by Gasteiger charge is -2.48. The molecule has 1 aliphatic carbocycles. The van der Waals surface area contributed by atoms with Crippen LogP contribution in [-0.4, -0.2) is 37.0 Å². The second-order valence-corrected chi connectivity index (χ2v) is 9.66. The number of hydrogen-bond acceptors (Lipinski definition) is 3. The Bertz CT molecular complexity index is 1050. The SMILES string of the molecule is COc1cc(C(F)(F)F)cc(C2CC2)c1C(=O)N[C@]1(c2ccccc2)CC[C@@H]2CC[C@@H]1N2C. The van der Waals surface area contributed by atoms with Gasteiger partial charge >= 0.3 is 6.18 Å². The van der Waals surface area contributed by atoms with E-state index in [1.807, 2.05) is 30.3 Å². The van der Waals surface area contributed by atoms with Crippen molar-refractivity contribution in [3.63, 3.8) is 0 Å². The quantitative estimate of drug-likeness (QED) is 0.646. The van der Waals surface area contributed by atoms with Gasteiger partial charge in [-0.1, -0.05) is 30.3 Å². The maximum absolute atomic E-state index is 13.9. The maximum Gasteiger partial charge on any atom is 0.416 e. The van der Waals surface area contributed by atoms with Crippen molar-refractivity contribution < 1.29 is 22.7 Å². The van der Waals surface area contributed by atoms with Crippen molar-refractivity contribution in [3.05, 3.63) is 64.7 Å². The number of rotatable bonds is 5. The molecule has 2 aromatic rings. The minimum atomic E-state index is -4.50. The number of fused-ring (bicyclic) bond motifs is 2. The van der Waals surface area contributed by atoms with E-state index in [0.29, 0.717) is 11.6 Å². The van der Waals surface area contributed by atoms with Gasteiger partial charge in [-0.3, -0.25) is 9.69 Å². The van der Waals surface area contributed by atoms with Crippen LogP contribution < -0.4 is 10.1 Å². The van der Waals surface area contributed by atoms with Gasteiger partial charge in [-0.05, 0) is 74.8 Å². The van der Waals surface area contributed by atoms with Gasteiger partial charge in [-0.25, -0.2) is 0 Å². The van der Waals surface area contributed by atoms with Gasteiger partial charge in [0.1, 0.15) is 5.75 Å². The third-order valence-electron chi connectivity index (χ3n) is 7.83. The molecule has 33 heavy (non-hydrogen) atoms. The Morgan fingerprint density at radius 1 is 1.09 bits per heavy atom. The molecule has 2 aliphatic heterocycles. The zero-order valence-corrected chi connectivity index (χ0v) is 18.9. The van der Waals surface area contributed by atoms with Crippen molar-refractivity contribution in [3.8, 4) is 5.75 Å². The summed E-state index contributed by atoms with van der Waals surface area (Å²) in [5.74, 6) is -0.412. The molecule has 2 saturated heterocycles. The van der Waals surface area contributed by atoms with Gasteiger partial charge in [0.05, 0.1) is 23.8 Å². The minimum Gasteiger partial charge on any atom is -0.496 e. The fraction of sp³-hybridized carbons (Fsp3) is 0.500. The predicted octanol–water partition coefficient (Wildman–Crippen LogP) is 5.47. The predicted molar refractivity (Wildman–Crippen MR) is 119 cm³/mol. The van der Waals surface area contributed by atoms with Crippen LogP contribution in [-0.2, 0) is 11.7 Å². The van der Waals surface area contributed by atoms with E-state index < -0.39 is 17.3 Å². The van der Waals surface area contributed by atoms with Crippen LogP contribution in [0.25, 0.3) is 0 Å². The molecule has 0 aromatic heterocycles. The number of methoxy groups -OCH3 is 1. The lowest BCUT2D eigenvalue weighted by Crippen LogP contribution is -2.61. The minimum absolute atomic E-state index is 0.0131. The van der Waals surface area contributed by atoms with E-state index in [0.717, 1.165) is 56.2 Å². The number of alkyl halides is 3. The van der Waals surface area contributed by atoms with E-state index in [4.69, 9.17) is 4.74 Å². The second-order valence-electron chi connectivity index (χ2n) is 9.66. The van der Waals surface area contributed by atoms with Crippen molar-refractivity contribution in [2.75, 3.05) is 14.2 Å². The summed E-state index contributed by atoms with van der Waals surface area (Å²) in [6, 6.07) is 12.7. The molecule has 3 aliphatic rings. The first-order valence-corrected chi connectivity index (χ1v) is 11.6. The first-order valence-electron chi connectivity index (χ1n) is 11.6. The molecule has 5 rings (SSSR count). The Labute approximate surface area is 192 Å². The molecule has 3 atom stereocenters. The highest BCUT2D eigenvalue weighted by Gasteiger charge is 2.52. The molecule has 0 unspecified atom stereocenters. The van der Waals surface area contributed by atoms with Gasteiger partial charge in [0.15, 0.2) is 0 Å². The molecule has 176 valence electrons. The fourth-order valence-corrected chi connectivity index (χ4v) is 5.99. The summed E-state index contributed by atoms with van der Waals surface area (Å²) < 4.78 is 46.0. The van der Waals surface area contributed by atoms with Gasteiger partial charge in [0.25, 0.3) is 5.91 Å². The Hall–Kier alpha value is -2.54. The van der Waals surface area contributed by atoms with Gasteiger partial charge in [0, 0.05) is 12.1 Å². The van der Waals surface area contributed by atoms with Crippen LogP contribution in [0.1, 0.15) is 71.5 Å². The zero-order valence-electron chi connectivity index (χ0n) is 18.9. The highest BCUT2D eigenvalue weighted by molar-refractivity contribution is 5.99. The smallest absolute Gasteiger partial charge is 0.416 e. The normalized spacial score (nSPS) is 27.4. The number of amides is 1. The van der Waals surface area contributed by atoms with Crippen molar-refractivity contribution in [1.29, 1.82) is 0 Å². The number of benzene rings is 2. The summed E-state index contributed by atoms with van der Waals surface area (Å²) >= 11 is 0. The lowest BCUT2D eigenvalue weighted by molar-refractivity contribution is -0.137. The zero-order chi connectivity index (χ0) is 23.4.